The number of hydrogen-bond acceptors (Lipinski definition) is 5. The third-order valence-electron chi connectivity index (χ3n) is 2.57. The number of thiazole rings is 1. The molecule has 5 heteroatoms. The fourth-order valence-corrected chi connectivity index (χ4v) is 2.13. The lowest BCUT2D eigenvalue weighted by Crippen LogP contribution is -2.05. The predicted molar refractivity (Wildman–Crippen MR) is 56.4 cm³/mol. The summed E-state index contributed by atoms with van der Waals surface area (Å²) in [7, 11) is 0. The van der Waals surface area contributed by atoms with Gasteiger partial charge in [0.25, 0.3) is 0 Å². The molecule has 1 aliphatic carbocycles. The van der Waals surface area contributed by atoms with Crippen LogP contribution in [0.1, 0.15) is 13.3 Å². The van der Waals surface area contributed by atoms with E-state index in [1.54, 1.807) is 23.2 Å². The van der Waals surface area contributed by atoms with Crippen LogP contribution < -0.4 is 5.32 Å². The molecule has 1 aliphatic rings. The Balaban J connectivity index is 1.98. The monoisotopic (exact) mass is 206 g/mol. The maximum atomic E-state index is 4.26. The van der Waals surface area contributed by atoms with E-state index in [1.807, 2.05) is 0 Å². The smallest absolute Gasteiger partial charge is 0.157 e. The van der Waals surface area contributed by atoms with E-state index in [1.165, 1.54) is 6.42 Å². The molecule has 0 spiro atoms. The number of nitrogens with zero attached hydrogens (tertiary/aromatic N) is 3. The van der Waals surface area contributed by atoms with Crippen molar-refractivity contribution < 1.29 is 0 Å². The summed E-state index contributed by atoms with van der Waals surface area (Å²) in [5, 5.41) is 3.39. The summed E-state index contributed by atoms with van der Waals surface area (Å²) < 4.78 is 0. The second-order valence-corrected chi connectivity index (χ2v) is 4.53. The first-order valence-corrected chi connectivity index (χ1v) is 5.53. The Kier molecular flexibility index (Phi) is 1.67. The highest BCUT2D eigenvalue weighted by molar-refractivity contribution is 7.16. The summed E-state index contributed by atoms with van der Waals surface area (Å²) in [6.07, 6.45) is 2.82. The van der Waals surface area contributed by atoms with E-state index in [9.17, 15) is 0 Å². The van der Waals surface area contributed by atoms with Crippen molar-refractivity contribution in [2.24, 2.45) is 5.92 Å². The van der Waals surface area contributed by atoms with Crippen molar-refractivity contribution in [2.75, 3.05) is 5.32 Å². The summed E-state index contributed by atoms with van der Waals surface area (Å²) >= 11 is 1.55. The molecule has 2 atom stereocenters. The van der Waals surface area contributed by atoms with Gasteiger partial charge in [-0.1, -0.05) is 6.92 Å². The fraction of sp³-hybridized carbons (Fsp3) is 0.444. The molecule has 1 saturated carbocycles. The van der Waals surface area contributed by atoms with E-state index in [-0.39, 0.29) is 0 Å². The van der Waals surface area contributed by atoms with Crippen molar-refractivity contribution >= 4 is 27.5 Å². The molecule has 1 fully saturated rings. The molecule has 2 aromatic rings. The van der Waals surface area contributed by atoms with Gasteiger partial charge in [-0.05, 0) is 12.3 Å². The van der Waals surface area contributed by atoms with Crippen molar-refractivity contribution in [2.45, 2.75) is 19.4 Å². The molecule has 0 saturated heterocycles. The maximum Gasteiger partial charge on any atom is 0.157 e. The van der Waals surface area contributed by atoms with Crippen molar-refractivity contribution in [3.8, 4) is 0 Å². The lowest BCUT2D eigenvalue weighted by Gasteiger charge is -2.02. The van der Waals surface area contributed by atoms with Crippen LogP contribution in [0.3, 0.4) is 0 Å². The molecule has 2 aromatic heterocycles. The maximum absolute atomic E-state index is 4.26. The van der Waals surface area contributed by atoms with Gasteiger partial charge in [0.2, 0.25) is 0 Å². The predicted octanol–water partition coefficient (Wildman–Crippen LogP) is 1.91. The van der Waals surface area contributed by atoms with E-state index in [4.69, 9.17) is 0 Å². The van der Waals surface area contributed by atoms with E-state index in [0.29, 0.717) is 6.04 Å². The molecule has 0 radical (unpaired) electrons. The second-order valence-electron chi connectivity index (χ2n) is 3.69. The van der Waals surface area contributed by atoms with E-state index in [0.717, 1.165) is 22.1 Å². The molecule has 72 valence electrons. The van der Waals surface area contributed by atoms with E-state index < -0.39 is 0 Å². The molecular weight excluding hydrogens is 196 g/mol. The normalized spacial score (nSPS) is 25.2. The number of aromatic nitrogens is 3. The minimum atomic E-state index is 0.579. The van der Waals surface area contributed by atoms with Crippen LogP contribution in [0.4, 0.5) is 5.82 Å². The Morgan fingerprint density at radius 3 is 3.07 bits per heavy atom. The van der Waals surface area contributed by atoms with Crippen molar-refractivity contribution in [3.05, 3.63) is 11.8 Å². The number of hydrogen-bond donors (Lipinski definition) is 1. The zero-order valence-electron chi connectivity index (χ0n) is 7.77. The first kappa shape index (κ1) is 8.11. The topological polar surface area (TPSA) is 50.7 Å². The standard InChI is InChI=1S/C9H10N4S/c1-5-2-6(5)13-8-7-9(11-3-10-8)14-4-12-7/h3-6H,2H2,1H3,(H,10,11,13). The second kappa shape index (κ2) is 2.88. The summed E-state index contributed by atoms with van der Waals surface area (Å²) in [4.78, 5) is 13.6. The van der Waals surface area contributed by atoms with Crippen LogP contribution in [-0.4, -0.2) is 21.0 Å². The molecule has 14 heavy (non-hydrogen) atoms. The molecule has 0 aromatic carbocycles. The highest BCUT2D eigenvalue weighted by Crippen LogP contribution is 2.33. The average molecular weight is 206 g/mol. The largest absolute Gasteiger partial charge is 0.365 e. The van der Waals surface area contributed by atoms with Gasteiger partial charge in [0.1, 0.15) is 16.7 Å². The quantitative estimate of drug-likeness (QED) is 0.815. The van der Waals surface area contributed by atoms with Crippen molar-refractivity contribution in [3.63, 3.8) is 0 Å². The van der Waals surface area contributed by atoms with Crippen LogP contribution >= 0.6 is 11.3 Å². The van der Waals surface area contributed by atoms with Gasteiger partial charge in [0.15, 0.2) is 5.82 Å². The SMILES string of the molecule is CC1CC1Nc1ncnc2scnc12. The number of nitrogens with one attached hydrogen (secondary N) is 1. The Morgan fingerprint density at radius 1 is 1.43 bits per heavy atom. The van der Waals surface area contributed by atoms with Gasteiger partial charge in [-0.15, -0.1) is 11.3 Å². The molecule has 2 unspecified atom stereocenters. The lowest BCUT2D eigenvalue weighted by molar-refractivity contribution is 0.923. The van der Waals surface area contributed by atoms with E-state index >= 15 is 0 Å². The van der Waals surface area contributed by atoms with Crippen LogP contribution in [-0.2, 0) is 0 Å². The highest BCUT2D eigenvalue weighted by atomic mass is 32.1. The molecule has 0 amide bonds. The van der Waals surface area contributed by atoms with Gasteiger partial charge in [-0.2, -0.15) is 0 Å². The van der Waals surface area contributed by atoms with Gasteiger partial charge in [-0.3, -0.25) is 0 Å². The van der Waals surface area contributed by atoms with Crippen LogP contribution in [0.15, 0.2) is 11.8 Å². The number of rotatable bonds is 2. The molecule has 0 bridgehead atoms. The van der Waals surface area contributed by atoms with Crippen LogP contribution in [0.2, 0.25) is 0 Å². The summed E-state index contributed by atoms with van der Waals surface area (Å²) in [6.45, 7) is 2.23. The Bertz CT molecular complexity index is 467. The first-order chi connectivity index (χ1) is 6.84. The summed E-state index contributed by atoms with van der Waals surface area (Å²) in [5.74, 6) is 1.64. The van der Waals surface area contributed by atoms with Crippen molar-refractivity contribution in [1.82, 2.24) is 15.0 Å². The molecular formula is C9H10N4S. The van der Waals surface area contributed by atoms with Crippen LogP contribution in [0, 0.1) is 5.92 Å². The highest BCUT2D eigenvalue weighted by Gasteiger charge is 2.33. The van der Waals surface area contributed by atoms with Gasteiger partial charge in [-0.25, -0.2) is 15.0 Å². The van der Waals surface area contributed by atoms with Crippen molar-refractivity contribution in [1.29, 1.82) is 0 Å². The molecule has 0 aliphatic heterocycles. The summed E-state index contributed by atoms with van der Waals surface area (Å²) in [5.41, 5.74) is 2.71. The first-order valence-electron chi connectivity index (χ1n) is 4.65. The zero-order chi connectivity index (χ0) is 9.54. The Hall–Kier alpha value is -1.23. The van der Waals surface area contributed by atoms with Gasteiger partial charge in [0, 0.05) is 6.04 Å². The van der Waals surface area contributed by atoms with Gasteiger partial charge >= 0.3 is 0 Å². The van der Waals surface area contributed by atoms with E-state index in [2.05, 4.69) is 27.2 Å². The minimum Gasteiger partial charge on any atom is -0.365 e. The Morgan fingerprint density at radius 2 is 2.29 bits per heavy atom. The zero-order valence-corrected chi connectivity index (χ0v) is 8.58. The fourth-order valence-electron chi connectivity index (χ4n) is 1.50. The molecule has 1 N–H and O–H groups in total. The number of fused-ring (bicyclic) bond motifs is 1. The number of anilines is 1. The molecule has 2 heterocycles. The van der Waals surface area contributed by atoms with Gasteiger partial charge < -0.3 is 5.32 Å². The van der Waals surface area contributed by atoms with Gasteiger partial charge in [0.05, 0.1) is 5.51 Å². The third kappa shape index (κ3) is 1.24. The van der Waals surface area contributed by atoms with Crippen LogP contribution in [0.5, 0.6) is 0 Å². The van der Waals surface area contributed by atoms with Crippen LogP contribution in [0.25, 0.3) is 10.3 Å². The average Bonchev–Trinajstić information content (AvgIpc) is 2.69. The lowest BCUT2D eigenvalue weighted by atomic mass is 10.4. The minimum absolute atomic E-state index is 0.579. The third-order valence-corrected chi connectivity index (χ3v) is 3.30. The Labute approximate surface area is 85.4 Å². The summed E-state index contributed by atoms with van der Waals surface area (Å²) in [6, 6.07) is 0.579. The molecule has 3 rings (SSSR count). The molecule has 4 nitrogen and oxygen atoms in total.